The molecule has 1 rings (SSSR count). The first-order chi connectivity index (χ1) is 8.11. The minimum Gasteiger partial charge on any atom is -0.355 e. The Balaban J connectivity index is 0.000000331. The monoisotopic (exact) mass is 285 g/mol. The van der Waals surface area contributed by atoms with Crippen molar-refractivity contribution >= 4 is 10.0 Å². The third-order valence-electron chi connectivity index (χ3n) is 1.73. The first-order valence-corrected chi connectivity index (χ1v) is 6.17. The quantitative estimate of drug-likeness (QED) is 0.790. The molecule has 1 aliphatic rings. The van der Waals surface area contributed by atoms with Gasteiger partial charge in [-0.2, -0.15) is 13.2 Å². The van der Waals surface area contributed by atoms with E-state index in [-0.39, 0.29) is 0 Å². The van der Waals surface area contributed by atoms with Gasteiger partial charge in [0, 0.05) is 18.9 Å². The molecule has 104 valence electrons. The van der Waals surface area contributed by atoms with Crippen molar-refractivity contribution in [2.24, 2.45) is 5.14 Å². The van der Waals surface area contributed by atoms with Gasteiger partial charge in [0.2, 0.25) is 0 Å². The summed E-state index contributed by atoms with van der Waals surface area (Å²) >= 11 is 0. The van der Waals surface area contributed by atoms with E-state index in [1.165, 1.54) is 0 Å². The number of nitrogens with zero attached hydrogens (tertiary/aromatic N) is 2. The van der Waals surface area contributed by atoms with Gasteiger partial charge < -0.3 is 9.80 Å². The zero-order chi connectivity index (χ0) is 14.4. The molecule has 9 heteroatoms. The smallest absolute Gasteiger partial charge is 0.355 e. The normalized spacial score (nSPS) is 15.1. The Morgan fingerprint density at radius 2 is 1.83 bits per heavy atom. The molecule has 0 aliphatic carbocycles. The summed E-state index contributed by atoms with van der Waals surface area (Å²) in [5.74, 6) is 0. The number of halogens is 3. The van der Waals surface area contributed by atoms with Crippen LogP contribution in [0.15, 0.2) is 37.8 Å². The molecule has 0 amide bonds. The molecule has 1 heterocycles. The zero-order valence-corrected chi connectivity index (χ0v) is 10.3. The maximum atomic E-state index is 10.8. The average Bonchev–Trinajstić information content (AvgIpc) is 2.64. The molecule has 0 unspecified atom stereocenters. The van der Waals surface area contributed by atoms with Crippen molar-refractivity contribution in [1.82, 2.24) is 9.80 Å². The number of hydrogen-bond donors (Lipinski definition) is 1. The van der Waals surface area contributed by atoms with Crippen LogP contribution < -0.4 is 5.14 Å². The largest absolute Gasteiger partial charge is 0.511 e. The minimum atomic E-state index is -5.34. The summed E-state index contributed by atoms with van der Waals surface area (Å²) in [7, 11) is -5.34. The van der Waals surface area contributed by atoms with E-state index in [9.17, 15) is 21.6 Å². The van der Waals surface area contributed by atoms with Crippen molar-refractivity contribution in [3.05, 3.63) is 37.8 Å². The van der Waals surface area contributed by atoms with E-state index in [1.807, 2.05) is 23.4 Å². The maximum absolute atomic E-state index is 10.8. The third kappa shape index (κ3) is 5.73. The van der Waals surface area contributed by atoms with E-state index in [0.29, 0.717) is 0 Å². The van der Waals surface area contributed by atoms with Crippen LogP contribution >= 0.6 is 0 Å². The Morgan fingerprint density at radius 3 is 2.11 bits per heavy atom. The van der Waals surface area contributed by atoms with Crippen molar-refractivity contribution in [3.63, 3.8) is 0 Å². The molecule has 0 fully saturated rings. The van der Waals surface area contributed by atoms with Gasteiger partial charge in [0.1, 0.15) is 0 Å². The van der Waals surface area contributed by atoms with Crippen LogP contribution in [0.1, 0.15) is 0 Å². The van der Waals surface area contributed by atoms with Crippen LogP contribution in [0.4, 0.5) is 13.2 Å². The predicted octanol–water partition coefficient (Wildman–Crippen LogP) is 1.16. The Labute approximate surface area is 104 Å². The van der Waals surface area contributed by atoms with Crippen LogP contribution in [-0.4, -0.2) is 36.9 Å². The van der Waals surface area contributed by atoms with Crippen molar-refractivity contribution in [1.29, 1.82) is 0 Å². The second-order valence-electron chi connectivity index (χ2n) is 3.19. The lowest BCUT2D eigenvalue weighted by molar-refractivity contribution is -0.0436. The summed E-state index contributed by atoms with van der Waals surface area (Å²) in [4.78, 5) is 4.16. The Bertz CT molecular complexity index is 417. The topological polar surface area (TPSA) is 66.6 Å². The molecule has 0 aromatic heterocycles. The molecular formula is C9H14F3N3O2S. The number of alkyl halides is 3. The molecule has 0 bridgehead atoms. The van der Waals surface area contributed by atoms with Gasteiger partial charge in [-0.05, 0) is 6.20 Å². The Hall–Kier alpha value is -1.48. The summed E-state index contributed by atoms with van der Waals surface area (Å²) < 4.78 is 51.2. The lowest BCUT2D eigenvalue weighted by Crippen LogP contribution is -2.30. The molecule has 0 saturated carbocycles. The van der Waals surface area contributed by atoms with Gasteiger partial charge in [-0.15, -0.1) is 6.58 Å². The zero-order valence-electron chi connectivity index (χ0n) is 9.47. The molecule has 0 aromatic rings. The highest BCUT2D eigenvalue weighted by molar-refractivity contribution is 7.90. The minimum absolute atomic E-state index is 0.898. The van der Waals surface area contributed by atoms with Gasteiger partial charge >= 0.3 is 15.5 Å². The molecule has 5 nitrogen and oxygen atoms in total. The standard InChI is InChI=1S/C8H12N2.CH2F3NO2S/c1-3-5-10-7-6-9(4-2)8-10;2-1(3,4)8(5,6)7/h3-4,6-7H,1-2,5,8H2;(H2,5,6,7). The van der Waals surface area contributed by atoms with Crippen LogP contribution in [0.2, 0.25) is 0 Å². The van der Waals surface area contributed by atoms with Crippen molar-refractivity contribution < 1.29 is 21.6 Å². The van der Waals surface area contributed by atoms with Gasteiger partial charge in [-0.1, -0.05) is 12.7 Å². The highest BCUT2D eigenvalue weighted by Gasteiger charge is 2.42. The number of primary sulfonamides is 1. The van der Waals surface area contributed by atoms with E-state index in [4.69, 9.17) is 0 Å². The fourth-order valence-corrected chi connectivity index (χ4v) is 0.887. The van der Waals surface area contributed by atoms with Crippen LogP contribution in [0, 0.1) is 0 Å². The lowest BCUT2D eigenvalue weighted by atomic mass is 10.6. The third-order valence-corrected chi connectivity index (χ3v) is 2.38. The second kappa shape index (κ2) is 6.45. The summed E-state index contributed by atoms with van der Waals surface area (Å²) in [5.41, 5.74) is -5.31. The van der Waals surface area contributed by atoms with Gasteiger partial charge in [0.15, 0.2) is 0 Å². The summed E-state index contributed by atoms with van der Waals surface area (Å²) in [6, 6.07) is 0. The van der Waals surface area contributed by atoms with Gasteiger partial charge in [0.25, 0.3) is 0 Å². The fourth-order valence-electron chi connectivity index (χ4n) is 0.887. The van der Waals surface area contributed by atoms with E-state index in [0.717, 1.165) is 13.2 Å². The highest BCUT2D eigenvalue weighted by atomic mass is 32.2. The SMILES string of the molecule is C=CCN1C=CN(C=C)C1.NS(=O)(=O)C(F)(F)F. The fraction of sp³-hybridized carbons (Fsp3) is 0.333. The van der Waals surface area contributed by atoms with E-state index in [1.54, 1.807) is 6.20 Å². The van der Waals surface area contributed by atoms with Gasteiger partial charge in [-0.3, -0.25) is 0 Å². The summed E-state index contributed by atoms with van der Waals surface area (Å²) in [6.07, 6.45) is 7.72. The molecule has 0 atom stereocenters. The molecule has 0 aromatic carbocycles. The van der Waals surface area contributed by atoms with Crippen LogP contribution in [0.3, 0.4) is 0 Å². The number of sulfonamides is 1. The first kappa shape index (κ1) is 16.5. The molecular weight excluding hydrogens is 271 g/mol. The van der Waals surface area contributed by atoms with Crippen LogP contribution in [-0.2, 0) is 10.0 Å². The van der Waals surface area contributed by atoms with Crippen molar-refractivity contribution in [3.8, 4) is 0 Å². The summed E-state index contributed by atoms with van der Waals surface area (Å²) in [5, 5.41) is 3.66. The van der Waals surface area contributed by atoms with Gasteiger partial charge in [0.05, 0.1) is 6.67 Å². The first-order valence-electron chi connectivity index (χ1n) is 4.62. The molecule has 18 heavy (non-hydrogen) atoms. The van der Waals surface area contributed by atoms with E-state index in [2.05, 4.69) is 23.2 Å². The van der Waals surface area contributed by atoms with Crippen LogP contribution in [0.25, 0.3) is 0 Å². The molecule has 0 radical (unpaired) electrons. The molecule has 0 spiro atoms. The van der Waals surface area contributed by atoms with Crippen molar-refractivity contribution in [2.45, 2.75) is 5.51 Å². The molecule has 0 saturated heterocycles. The number of hydrogen-bond acceptors (Lipinski definition) is 4. The maximum Gasteiger partial charge on any atom is 0.511 e. The van der Waals surface area contributed by atoms with E-state index >= 15 is 0 Å². The second-order valence-corrected chi connectivity index (χ2v) is 4.74. The molecule has 1 aliphatic heterocycles. The lowest BCUT2D eigenvalue weighted by Gasteiger charge is -2.15. The summed E-state index contributed by atoms with van der Waals surface area (Å²) in [6.45, 7) is 9.12. The van der Waals surface area contributed by atoms with Crippen molar-refractivity contribution in [2.75, 3.05) is 13.2 Å². The van der Waals surface area contributed by atoms with E-state index < -0.39 is 15.5 Å². The molecule has 2 N–H and O–H groups in total. The van der Waals surface area contributed by atoms with Gasteiger partial charge in [-0.25, -0.2) is 13.6 Å². The van der Waals surface area contributed by atoms with Crippen LogP contribution in [0.5, 0.6) is 0 Å². The average molecular weight is 285 g/mol. The number of rotatable bonds is 3. The predicted molar refractivity (Wildman–Crippen MR) is 62.1 cm³/mol. The Morgan fingerprint density at radius 1 is 1.33 bits per heavy atom. The Kier molecular flexibility index (Phi) is 5.92. The highest BCUT2D eigenvalue weighted by Crippen LogP contribution is 2.18. The number of nitrogens with two attached hydrogens (primary N) is 1.